The fraction of sp³-hybridized carbons (Fsp3) is 0.591. The summed E-state index contributed by atoms with van der Waals surface area (Å²) in [6.45, 7) is 2.87. The molecule has 174 valence electrons. The molecule has 5 rings (SSSR count). The number of carbonyl (C=O) groups is 1. The molecule has 0 amide bonds. The largest absolute Gasteiger partial charge is 0.490 e. The van der Waals surface area contributed by atoms with Crippen LogP contribution in [0.1, 0.15) is 24.5 Å². The maximum Gasteiger partial charge on any atom is 0.465 e. The summed E-state index contributed by atoms with van der Waals surface area (Å²) in [6.07, 6.45) is -3.84. The van der Waals surface area contributed by atoms with E-state index in [1.807, 2.05) is 20.0 Å². The Balaban J connectivity index is 1.59. The first-order valence-corrected chi connectivity index (χ1v) is 10.5. The monoisotopic (exact) mass is 459 g/mol. The maximum atomic E-state index is 13.6. The zero-order valence-corrected chi connectivity index (χ0v) is 17.4. The molecule has 1 fully saturated rings. The molecule has 2 bridgehead atoms. The molecule has 0 saturated carbocycles. The Morgan fingerprint density at radius 3 is 2.69 bits per heavy atom. The Hall–Kier alpha value is -2.36. The molecule has 1 saturated heterocycles. The number of piperidine rings is 1. The molecule has 1 spiro atoms. The maximum absolute atomic E-state index is 13.6. The van der Waals surface area contributed by atoms with Gasteiger partial charge in [0.1, 0.15) is 6.10 Å². The number of rotatable bonds is 4. The van der Waals surface area contributed by atoms with Gasteiger partial charge in [-0.25, -0.2) is 4.79 Å². The number of hydrogen-bond acceptors (Lipinski definition) is 5. The predicted molar refractivity (Wildman–Crippen MR) is 102 cm³/mol. The van der Waals surface area contributed by atoms with Crippen LogP contribution in [-0.4, -0.2) is 61.4 Å². The number of esters is 1. The van der Waals surface area contributed by atoms with E-state index in [9.17, 15) is 26.7 Å². The summed E-state index contributed by atoms with van der Waals surface area (Å²) in [5.41, 5.74) is 1.23. The van der Waals surface area contributed by atoms with Crippen LogP contribution in [0.15, 0.2) is 24.3 Å². The van der Waals surface area contributed by atoms with Gasteiger partial charge in [0.25, 0.3) is 0 Å². The van der Waals surface area contributed by atoms with Crippen molar-refractivity contribution < 1.29 is 41.0 Å². The lowest BCUT2D eigenvalue weighted by Gasteiger charge is -2.56. The summed E-state index contributed by atoms with van der Waals surface area (Å²) in [5.74, 6) is -7.34. The summed E-state index contributed by atoms with van der Waals surface area (Å²) in [6, 6.07) is 3.85. The van der Waals surface area contributed by atoms with Gasteiger partial charge in [-0.05, 0) is 51.1 Å². The quantitative estimate of drug-likeness (QED) is 0.391. The van der Waals surface area contributed by atoms with E-state index in [-0.39, 0.29) is 12.0 Å². The molecule has 10 heteroatoms. The third kappa shape index (κ3) is 2.67. The normalized spacial score (nSPS) is 32.8. The van der Waals surface area contributed by atoms with Crippen molar-refractivity contribution in [2.24, 2.45) is 5.92 Å². The van der Waals surface area contributed by atoms with E-state index < -0.39 is 35.7 Å². The Morgan fingerprint density at radius 1 is 1.25 bits per heavy atom. The topological polar surface area (TPSA) is 48.0 Å². The van der Waals surface area contributed by atoms with Crippen molar-refractivity contribution in [2.75, 3.05) is 20.2 Å². The number of nitrogens with zero attached hydrogens (tertiary/aromatic N) is 1. The number of benzene rings is 1. The van der Waals surface area contributed by atoms with E-state index in [1.165, 1.54) is 6.08 Å². The van der Waals surface area contributed by atoms with Gasteiger partial charge in [-0.1, -0.05) is 12.1 Å². The van der Waals surface area contributed by atoms with Crippen LogP contribution in [0.25, 0.3) is 0 Å². The average Bonchev–Trinajstić information content (AvgIpc) is 3.07. The molecular weight excluding hydrogens is 437 g/mol. The molecule has 32 heavy (non-hydrogen) atoms. The van der Waals surface area contributed by atoms with E-state index in [2.05, 4.69) is 4.90 Å². The van der Waals surface area contributed by atoms with E-state index in [0.29, 0.717) is 31.1 Å². The van der Waals surface area contributed by atoms with Gasteiger partial charge in [0.05, 0.1) is 6.61 Å². The first-order valence-electron chi connectivity index (χ1n) is 10.5. The average molecular weight is 459 g/mol. The van der Waals surface area contributed by atoms with Crippen molar-refractivity contribution in [1.29, 1.82) is 0 Å². The third-order valence-corrected chi connectivity index (χ3v) is 7.27. The fourth-order valence-corrected chi connectivity index (χ4v) is 5.89. The number of likely N-dealkylation sites (N-methyl/N-ethyl adjacent to an activating group) is 1. The molecule has 2 aliphatic heterocycles. The fourth-order valence-electron chi connectivity index (χ4n) is 5.89. The van der Waals surface area contributed by atoms with Crippen LogP contribution in [0.2, 0.25) is 0 Å². The lowest BCUT2D eigenvalue weighted by atomic mass is 9.53. The zero-order chi connectivity index (χ0) is 23.1. The van der Waals surface area contributed by atoms with Gasteiger partial charge in [-0.15, -0.1) is 0 Å². The van der Waals surface area contributed by atoms with Gasteiger partial charge < -0.3 is 19.1 Å². The van der Waals surface area contributed by atoms with Gasteiger partial charge in [0, 0.05) is 22.9 Å². The Bertz CT molecular complexity index is 993. The van der Waals surface area contributed by atoms with Crippen molar-refractivity contribution in [3.63, 3.8) is 0 Å². The summed E-state index contributed by atoms with van der Waals surface area (Å²) >= 11 is 0. The highest BCUT2D eigenvalue weighted by molar-refractivity contribution is 5.79. The van der Waals surface area contributed by atoms with Crippen LogP contribution in [0.3, 0.4) is 0 Å². The van der Waals surface area contributed by atoms with Crippen LogP contribution in [-0.2, 0) is 21.4 Å². The first-order chi connectivity index (χ1) is 15.0. The number of hydrogen-bond donors (Lipinski definition) is 0. The second-order valence-corrected chi connectivity index (χ2v) is 8.79. The Labute approximate surface area is 181 Å². The SMILES string of the molecule is CCOc1ccc2c3c1OC1C(OC(=O)C(F)(F)C(F)(F)F)C=CC4C(C2)N(C)CCC341. The molecule has 5 nitrogen and oxygen atoms in total. The minimum Gasteiger partial charge on any atom is -0.490 e. The van der Waals surface area contributed by atoms with Crippen molar-refractivity contribution in [3.8, 4) is 11.5 Å². The Morgan fingerprint density at radius 2 is 2.00 bits per heavy atom. The molecule has 2 heterocycles. The lowest BCUT2D eigenvalue weighted by molar-refractivity contribution is -0.283. The van der Waals surface area contributed by atoms with E-state index in [0.717, 1.165) is 17.5 Å². The standard InChI is InChI=1S/C22H22F5NO4/c1-3-30-14-6-4-11-10-13-12-5-7-15(31-19(29)21(23,24)22(25,26)27)18-20(12,8-9-28(13)2)16(11)17(14)32-18/h4-7,12-13,15,18H,3,8-10H2,1-2H3. The number of alkyl halides is 5. The van der Waals surface area contributed by atoms with Crippen LogP contribution < -0.4 is 9.47 Å². The number of halogens is 5. The molecule has 1 aromatic rings. The van der Waals surface area contributed by atoms with Crippen LogP contribution in [0, 0.1) is 5.92 Å². The van der Waals surface area contributed by atoms with Crippen LogP contribution in [0.5, 0.6) is 11.5 Å². The second-order valence-electron chi connectivity index (χ2n) is 8.79. The van der Waals surface area contributed by atoms with Crippen LogP contribution in [0.4, 0.5) is 22.0 Å². The van der Waals surface area contributed by atoms with Crippen LogP contribution >= 0.6 is 0 Å². The van der Waals surface area contributed by atoms with Gasteiger partial charge in [0.15, 0.2) is 17.6 Å². The summed E-state index contributed by atoms with van der Waals surface area (Å²) in [4.78, 5) is 14.1. The zero-order valence-electron chi connectivity index (χ0n) is 17.4. The number of carbonyl (C=O) groups excluding carboxylic acids is 1. The molecule has 4 aliphatic rings. The highest BCUT2D eigenvalue weighted by Gasteiger charge is 2.68. The minimum absolute atomic E-state index is 0.0602. The smallest absolute Gasteiger partial charge is 0.465 e. The molecule has 2 aliphatic carbocycles. The minimum atomic E-state index is -6.04. The van der Waals surface area contributed by atoms with E-state index in [4.69, 9.17) is 14.2 Å². The highest BCUT2D eigenvalue weighted by atomic mass is 19.4. The second kappa shape index (κ2) is 6.82. The summed E-state index contributed by atoms with van der Waals surface area (Å²) in [5, 5.41) is 0. The third-order valence-electron chi connectivity index (χ3n) is 7.27. The van der Waals surface area contributed by atoms with Crippen molar-refractivity contribution in [1.82, 2.24) is 4.90 Å². The predicted octanol–water partition coefficient (Wildman–Crippen LogP) is 3.64. The highest BCUT2D eigenvalue weighted by Crippen LogP contribution is 2.62. The molecule has 1 aromatic carbocycles. The molecule has 0 aromatic heterocycles. The van der Waals surface area contributed by atoms with Crippen molar-refractivity contribution in [2.45, 2.75) is 55.5 Å². The Kier molecular flexibility index (Phi) is 4.58. The van der Waals surface area contributed by atoms with Gasteiger partial charge in [-0.3, -0.25) is 0 Å². The summed E-state index contributed by atoms with van der Waals surface area (Å²) in [7, 11) is 2.01. The van der Waals surface area contributed by atoms with Crippen molar-refractivity contribution in [3.05, 3.63) is 35.4 Å². The first kappa shape index (κ1) is 21.5. The van der Waals surface area contributed by atoms with E-state index in [1.54, 1.807) is 12.1 Å². The van der Waals surface area contributed by atoms with Crippen molar-refractivity contribution >= 4 is 5.97 Å². The van der Waals surface area contributed by atoms with E-state index >= 15 is 0 Å². The molecule has 5 atom stereocenters. The molecule has 0 N–H and O–H groups in total. The van der Waals surface area contributed by atoms with Gasteiger partial charge in [0.2, 0.25) is 0 Å². The van der Waals surface area contributed by atoms with Gasteiger partial charge in [-0.2, -0.15) is 22.0 Å². The number of likely N-dealkylation sites (tertiary alicyclic amines) is 1. The number of ether oxygens (including phenoxy) is 3. The molecular formula is C22H22F5NO4. The molecule has 0 radical (unpaired) electrons. The van der Waals surface area contributed by atoms with Gasteiger partial charge >= 0.3 is 18.1 Å². The summed E-state index contributed by atoms with van der Waals surface area (Å²) < 4.78 is 82.0. The molecule has 5 unspecified atom stereocenters. The lowest BCUT2D eigenvalue weighted by Crippen LogP contribution is -2.65.